The first kappa shape index (κ1) is 22.8. The van der Waals surface area contributed by atoms with Crippen molar-refractivity contribution in [3.8, 4) is 0 Å². The lowest BCUT2D eigenvalue weighted by Crippen LogP contribution is -2.33. The Balaban J connectivity index is 2.17. The lowest BCUT2D eigenvalue weighted by molar-refractivity contribution is -0.116. The largest absolute Gasteiger partial charge is 0.325 e. The van der Waals surface area contributed by atoms with Gasteiger partial charge in [0.15, 0.2) is 0 Å². The van der Waals surface area contributed by atoms with Crippen LogP contribution in [0.5, 0.6) is 0 Å². The average molecular weight is 420 g/mol. The van der Waals surface area contributed by atoms with Crippen LogP contribution in [0, 0.1) is 0 Å². The van der Waals surface area contributed by atoms with E-state index in [1.165, 1.54) is 28.2 Å². The molecule has 1 aromatic carbocycles. The van der Waals surface area contributed by atoms with Gasteiger partial charge < -0.3 is 9.88 Å². The first-order valence-corrected chi connectivity index (χ1v) is 11.3. The van der Waals surface area contributed by atoms with Crippen LogP contribution in [0.3, 0.4) is 0 Å². The quantitative estimate of drug-likeness (QED) is 0.677. The van der Waals surface area contributed by atoms with Crippen LogP contribution in [-0.4, -0.2) is 36.3 Å². The molecule has 0 aliphatic heterocycles. The number of aromatic nitrogens is 1. The molecule has 1 aromatic heterocycles. The van der Waals surface area contributed by atoms with Gasteiger partial charge in [-0.2, -0.15) is 4.31 Å². The molecular formula is C21H29N3O4S. The minimum atomic E-state index is -3.71. The van der Waals surface area contributed by atoms with E-state index in [-0.39, 0.29) is 11.4 Å². The van der Waals surface area contributed by atoms with Crippen LogP contribution >= 0.6 is 0 Å². The van der Waals surface area contributed by atoms with Crippen molar-refractivity contribution in [3.63, 3.8) is 0 Å². The Kier molecular flexibility index (Phi) is 7.75. The van der Waals surface area contributed by atoms with Gasteiger partial charge in [0.05, 0.1) is 4.90 Å². The van der Waals surface area contributed by atoms with E-state index in [1.54, 1.807) is 13.8 Å². The molecule has 8 heteroatoms. The zero-order valence-electron chi connectivity index (χ0n) is 17.4. The van der Waals surface area contributed by atoms with Crippen molar-refractivity contribution in [1.29, 1.82) is 0 Å². The normalized spacial score (nSPS) is 12.7. The van der Waals surface area contributed by atoms with Crippen molar-refractivity contribution in [2.24, 2.45) is 0 Å². The van der Waals surface area contributed by atoms with E-state index in [1.807, 2.05) is 24.3 Å². The number of benzene rings is 1. The van der Waals surface area contributed by atoms with E-state index in [4.69, 9.17) is 0 Å². The number of nitrogens with one attached hydrogen (secondary N) is 1. The minimum Gasteiger partial charge on any atom is -0.325 e. The van der Waals surface area contributed by atoms with Gasteiger partial charge >= 0.3 is 0 Å². The summed E-state index contributed by atoms with van der Waals surface area (Å²) in [5.41, 5.74) is 1.38. The smallest absolute Gasteiger partial charge is 0.251 e. The Morgan fingerprint density at radius 2 is 1.69 bits per heavy atom. The Morgan fingerprint density at radius 1 is 1.07 bits per heavy atom. The Labute approximate surface area is 172 Å². The fourth-order valence-electron chi connectivity index (χ4n) is 2.98. The maximum Gasteiger partial charge on any atom is 0.251 e. The molecule has 0 fully saturated rings. The third-order valence-corrected chi connectivity index (χ3v) is 7.02. The van der Waals surface area contributed by atoms with E-state index in [0.717, 1.165) is 11.0 Å². The molecule has 0 spiro atoms. The first-order chi connectivity index (χ1) is 13.7. The summed E-state index contributed by atoms with van der Waals surface area (Å²) in [4.78, 5) is 24.5. The van der Waals surface area contributed by atoms with Crippen LogP contribution in [0.15, 0.2) is 52.3 Å². The molecule has 1 unspecified atom stereocenters. The highest BCUT2D eigenvalue weighted by atomic mass is 32.2. The fraction of sp³-hybridized carbons (Fsp3) is 0.429. The zero-order chi connectivity index (χ0) is 21.6. The number of pyridine rings is 1. The van der Waals surface area contributed by atoms with Crippen LogP contribution in [0.1, 0.15) is 45.6 Å². The number of anilines is 1. The van der Waals surface area contributed by atoms with Gasteiger partial charge in [-0.3, -0.25) is 9.59 Å². The van der Waals surface area contributed by atoms with Gasteiger partial charge in [-0.1, -0.05) is 39.8 Å². The van der Waals surface area contributed by atoms with Crippen LogP contribution in [0.25, 0.3) is 0 Å². The Hall–Kier alpha value is -2.45. The maximum absolute atomic E-state index is 12.7. The van der Waals surface area contributed by atoms with E-state index >= 15 is 0 Å². The van der Waals surface area contributed by atoms with Gasteiger partial charge in [-0.15, -0.1) is 0 Å². The van der Waals surface area contributed by atoms with Crippen LogP contribution in [0.4, 0.5) is 5.69 Å². The van der Waals surface area contributed by atoms with Crippen molar-refractivity contribution in [3.05, 3.63) is 58.5 Å². The van der Waals surface area contributed by atoms with Crippen molar-refractivity contribution in [1.82, 2.24) is 8.87 Å². The summed E-state index contributed by atoms with van der Waals surface area (Å²) >= 11 is 0. The molecule has 0 radical (unpaired) electrons. The molecule has 1 heterocycles. The van der Waals surface area contributed by atoms with E-state index in [2.05, 4.69) is 19.2 Å². The first-order valence-electron chi connectivity index (χ1n) is 9.83. The number of carbonyl (C=O) groups is 1. The van der Waals surface area contributed by atoms with E-state index in [9.17, 15) is 18.0 Å². The second kappa shape index (κ2) is 9.84. The monoisotopic (exact) mass is 419 g/mol. The molecule has 7 nitrogen and oxygen atoms in total. The predicted octanol–water partition coefficient (Wildman–Crippen LogP) is 3.03. The summed E-state index contributed by atoms with van der Waals surface area (Å²) < 4.78 is 27.7. The summed E-state index contributed by atoms with van der Waals surface area (Å²) in [5, 5.41) is 2.75. The van der Waals surface area contributed by atoms with Gasteiger partial charge in [0.25, 0.3) is 5.56 Å². The molecule has 0 aliphatic rings. The third-order valence-electron chi connectivity index (χ3n) is 4.99. The Bertz CT molecular complexity index is 993. The van der Waals surface area contributed by atoms with Crippen molar-refractivity contribution < 1.29 is 13.2 Å². The van der Waals surface area contributed by atoms with E-state index in [0.29, 0.717) is 24.7 Å². The van der Waals surface area contributed by atoms with E-state index < -0.39 is 21.5 Å². The molecule has 158 valence electrons. The molecule has 2 aromatic rings. The van der Waals surface area contributed by atoms with Crippen LogP contribution in [-0.2, 0) is 21.4 Å². The summed E-state index contributed by atoms with van der Waals surface area (Å²) in [6.45, 7) is 8.13. The van der Waals surface area contributed by atoms with Crippen molar-refractivity contribution in [2.45, 2.75) is 51.5 Å². The van der Waals surface area contributed by atoms with Gasteiger partial charge in [0, 0.05) is 31.0 Å². The topological polar surface area (TPSA) is 88.5 Å². The number of amides is 1. The van der Waals surface area contributed by atoms with Gasteiger partial charge in [0.1, 0.15) is 6.54 Å². The zero-order valence-corrected chi connectivity index (χ0v) is 18.2. The molecule has 1 amide bonds. The second-order valence-corrected chi connectivity index (χ2v) is 8.84. The highest BCUT2D eigenvalue weighted by Crippen LogP contribution is 2.20. The highest BCUT2D eigenvalue weighted by molar-refractivity contribution is 7.89. The molecule has 2 rings (SSSR count). The number of hydrogen-bond donors (Lipinski definition) is 1. The molecule has 0 aliphatic carbocycles. The van der Waals surface area contributed by atoms with Gasteiger partial charge in [-0.25, -0.2) is 8.42 Å². The van der Waals surface area contributed by atoms with Crippen molar-refractivity contribution >= 4 is 21.6 Å². The Morgan fingerprint density at radius 3 is 2.24 bits per heavy atom. The standard InChI is InChI=1S/C21H29N3O4S/c1-5-16(4)17-8-10-18(11-9-17)22-20(25)15-23-14-19(12-13-21(23)26)29(27,28)24(6-2)7-3/h8-14,16H,5-7,15H2,1-4H3,(H,22,25). The number of nitrogens with zero attached hydrogens (tertiary/aromatic N) is 2. The number of hydrogen-bond acceptors (Lipinski definition) is 4. The summed E-state index contributed by atoms with van der Waals surface area (Å²) in [6.07, 6.45) is 2.25. The second-order valence-electron chi connectivity index (χ2n) is 6.90. The molecule has 1 N–H and O–H groups in total. The number of sulfonamides is 1. The summed E-state index contributed by atoms with van der Waals surface area (Å²) in [7, 11) is -3.71. The predicted molar refractivity (Wildman–Crippen MR) is 115 cm³/mol. The summed E-state index contributed by atoms with van der Waals surface area (Å²) in [5.74, 6) is 0.0367. The highest BCUT2D eigenvalue weighted by Gasteiger charge is 2.22. The average Bonchev–Trinajstić information content (AvgIpc) is 2.70. The minimum absolute atomic E-state index is 0.00786. The molecule has 1 atom stereocenters. The molecule has 0 bridgehead atoms. The van der Waals surface area contributed by atoms with Crippen LogP contribution in [0.2, 0.25) is 0 Å². The third kappa shape index (κ3) is 5.55. The molecule has 0 saturated carbocycles. The van der Waals surface area contributed by atoms with Crippen molar-refractivity contribution in [2.75, 3.05) is 18.4 Å². The van der Waals surface area contributed by atoms with Gasteiger partial charge in [0.2, 0.25) is 15.9 Å². The molecule has 0 saturated heterocycles. The fourth-order valence-corrected chi connectivity index (χ4v) is 4.46. The number of carbonyl (C=O) groups excluding carboxylic acids is 1. The molecular weight excluding hydrogens is 390 g/mol. The lowest BCUT2D eigenvalue weighted by Gasteiger charge is -2.19. The van der Waals surface area contributed by atoms with Gasteiger partial charge in [-0.05, 0) is 36.1 Å². The maximum atomic E-state index is 12.7. The SMILES string of the molecule is CCC(C)c1ccc(NC(=O)Cn2cc(S(=O)(=O)N(CC)CC)ccc2=O)cc1. The van der Waals surface area contributed by atoms with Crippen LogP contribution < -0.4 is 10.9 Å². The lowest BCUT2D eigenvalue weighted by atomic mass is 9.99. The molecule has 29 heavy (non-hydrogen) atoms. The number of rotatable bonds is 9. The summed E-state index contributed by atoms with van der Waals surface area (Å²) in [6, 6.07) is 10.0.